The third-order valence-corrected chi connectivity index (χ3v) is 3.81. The fraction of sp³-hybridized carbons (Fsp3) is 0.417. The molecule has 0 radical (unpaired) electrons. The Bertz CT molecular complexity index is 545. The Morgan fingerprint density at radius 2 is 1.68 bits per heavy atom. The van der Waals surface area contributed by atoms with Crippen LogP contribution in [0.15, 0.2) is 29.2 Å². The summed E-state index contributed by atoms with van der Waals surface area (Å²) in [7, 11) is -3.64. The lowest BCUT2D eigenvalue weighted by atomic mass is 10.1. The molecule has 5 nitrogen and oxygen atoms in total. The summed E-state index contributed by atoms with van der Waals surface area (Å²) in [6.45, 7) is 7.68. The van der Waals surface area contributed by atoms with Gasteiger partial charge in [-0.15, -0.1) is 0 Å². The number of hydrazine groups is 1. The van der Waals surface area contributed by atoms with E-state index in [0.717, 1.165) is 5.56 Å². The first kappa shape index (κ1) is 15.9. The molecular formula is C12H19N3O2S2. The molecule has 0 amide bonds. The van der Waals surface area contributed by atoms with Gasteiger partial charge in [-0.3, -0.25) is 10.1 Å². The van der Waals surface area contributed by atoms with Crippen LogP contribution in [-0.2, 0) is 10.0 Å². The van der Waals surface area contributed by atoms with E-state index in [4.69, 9.17) is 12.2 Å². The highest BCUT2D eigenvalue weighted by atomic mass is 32.2. The van der Waals surface area contributed by atoms with Crippen molar-refractivity contribution in [2.75, 3.05) is 0 Å². The van der Waals surface area contributed by atoms with E-state index in [0.29, 0.717) is 0 Å². The van der Waals surface area contributed by atoms with Gasteiger partial charge in [0.2, 0.25) is 0 Å². The molecular weight excluding hydrogens is 282 g/mol. The van der Waals surface area contributed by atoms with E-state index in [-0.39, 0.29) is 15.5 Å². The number of nitrogens with one attached hydrogen (secondary N) is 3. The standard InChI is InChI=1S/C12H19N3O2S2/c1-9-5-7-10(8-6-9)19(16,17)14-11(18)13-15-12(2,3)4/h5-8,15H,1-4H3,(H2,13,14,18). The van der Waals surface area contributed by atoms with Crippen molar-refractivity contribution in [3.05, 3.63) is 29.8 Å². The van der Waals surface area contributed by atoms with Gasteiger partial charge in [0.05, 0.1) is 4.90 Å². The highest BCUT2D eigenvalue weighted by Gasteiger charge is 2.16. The van der Waals surface area contributed by atoms with Gasteiger partial charge < -0.3 is 0 Å². The zero-order valence-electron chi connectivity index (χ0n) is 11.4. The van der Waals surface area contributed by atoms with E-state index >= 15 is 0 Å². The first-order valence-corrected chi connectivity index (χ1v) is 7.66. The monoisotopic (exact) mass is 301 g/mol. The van der Waals surface area contributed by atoms with Crippen LogP contribution in [0.2, 0.25) is 0 Å². The molecule has 0 aliphatic carbocycles. The second-order valence-corrected chi connectivity index (χ2v) is 7.34. The number of benzene rings is 1. The molecule has 1 rings (SSSR count). The number of thiocarbonyl (C=S) groups is 1. The van der Waals surface area contributed by atoms with Crippen molar-refractivity contribution < 1.29 is 8.42 Å². The normalized spacial score (nSPS) is 12.0. The first-order valence-electron chi connectivity index (χ1n) is 5.77. The van der Waals surface area contributed by atoms with Gasteiger partial charge in [-0.25, -0.2) is 13.8 Å². The molecule has 0 fully saturated rings. The summed E-state index contributed by atoms with van der Waals surface area (Å²) in [6.07, 6.45) is 0. The minimum atomic E-state index is -3.64. The molecule has 7 heteroatoms. The third kappa shape index (κ3) is 5.54. The SMILES string of the molecule is Cc1ccc(S(=O)(=O)NC(=S)NNC(C)(C)C)cc1. The fourth-order valence-electron chi connectivity index (χ4n) is 1.17. The summed E-state index contributed by atoms with van der Waals surface area (Å²) in [5.74, 6) is 0. The molecule has 0 unspecified atom stereocenters. The van der Waals surface area contributed by atoms with Crippen molar-refractivity contribution >= 4 is 27.4 Å². The van der Waals surface area contributed by atoms with Crippen LogP contribution >= 0.6 is 12.2 Å². The van der Waals surface area contributed by atoms with Gasteiger partial charge in [0.15, 0.2) is 5.11 Å². The maximum absolute atomic E-state index is 12.0. The van der Waals surface area contributed by atoms with Crippen molar-refractivity contribution in [2.45, 2.75) is 38.1 Å². The molecule has 1 aromatic rings. The quantitative estimate of drug-likeness (QED) is 0.582. The minimum absolute atomic E-state index is 0.00972. The molecule has 0 spiro atoms. The van der Waals surface area contributed by atoms with Crippen molar-refractivity contribution in [3.63, 3.8) is 0 Å². The summed E-state index contributed by atoms with van der Waals surface area (Å²) < 4.78 is 26.3. The zero-order valence-corrected chi connectivity index (χ0v) is 13.1. The first-order chi connectivity index (χ1) is 8.60. The zero-order chi connectivity index (χ0) is 14.7. The van der Waals surface area contributed by atoms with Gasteiger partial charge in [-0.05, 0) is 52.0 Å². The van der Waals surface area contributed by atoms with E-state index in [1.165, 1.54) is 12.1 Å². The van der Waals surface area contributed by atoms with E-state index in [1.807, 2.05) is 27.7 Å². The molecule has 0 saturated heterocycles. The minimum Gasteiger partial charge on any atom is -0.297 e. The summed E-state index contributed by atoms with van der Waals surface area (Å²) in [6, 6.07) is 6.55. The molecule has 19 heavy (non-hydrogen) atoms. The Kier molecular flexibility index (Phi) is 4.89. The average molecular weight is 301 g/mol. The van der Waals surface area contributed by atoms with Crippen LogP contribution in [0, 0.1) is 6.92 Å². The van der Waals surface area contributed by atoms with Crippen LogP contribution < -0.4 is 15.6 Å². The Labute approximate surface area is 119 Å². The van der Waals surface area contributed by atoms with E-state index in [2.05, 4.69) is 15.6 Å². The topological polar surface area (TPSA) is 70.2 Å². The summed E-state index contributed by atoms with van der Waals surface area (Å²) in [5.41, 5.74) is 6.31. The molecule has 0 aliphatic rings. The van der Waals surface area contributed by atoms with Crippen LogP contribution in [0.25, 0.3) is 0 Å². The van der Waals surface area contributed by atoms with E-state index in [9.17, 15) is 8.42 Å². The second kappa shape index (κ2) is 5.85. The molecule has 0 atom stereocenters. The van der Waals surface area contributed by atoms with Crippen molar-refractivity contribution in [1.29, 1.82) is 0 Å². The van der Waals surface area contributed by atoms with E-state index < -0.39 is 10.0 Å². The lowest BCUT2D eigenvalue weighted by molar-refractivity contribution is 0.403. The number of aryl methyl sites for hydroxylation is 1. The molecule has 106 valence electrons. The predicted molar refractivity (Wildman–Crippen MR) is 80.1 cm³/mol. The molecule has 0 bridgehead atoms. The predicted octanol–water partition coefficient (Wildman–Crippen LogP) is 1.45. The maximum atomic E-state index is 12.0. The smallest absolute Gasteiger partial charge is 0.263 e. The van der Waals surface area contributed by atoms with Gasteiger partial charge in [0.25, 0.3) is 10.0 Å². The number of hydrogen-bond acceptors (Lipinski definition) is 4. The number of sulfonamides is 1. The van der Waals surface area contributed by atoms with Gasteiger partial charge in [0.1, 0.15) is 0 Å². The Hall–Kier alpha value is -1.18. The number of rotatable bonds is 3. The summed E-state index contributed by atoms with van der Waals surface area (Å²) in [5, 5.41) is 0.00972. The Morgan fingerprint density at radius 1 is 1.16 bits per heavy atom. The fourth-order valence-corrected chi connectivity index (χ4v) is 2.46. The maximum Gasteiger partial charge on any atom is 0.263 e. The van der Waals surface area contributed by atoms with Gasteiger partial charge in [-0.2, -0.15) is 0 Å². The van der Waals surface area contributed by atoms with Crippen molar-refractivity contribution in [1.82, 2.24) is 15.6 Å². The van der Waals surface area contributed by atoms with Crippen molar-refractivity contribution in [2.24, 2.45) is 0 Å². The second-order valence-electron chi connectivity index (χ2n) is 5.25. The van der Waals surface area contributed by atoms with Gasteiger partial charge >= 0.3 is 0 Å². The molecule has 3 N–H and O–H groups in total. The highest BCUT2D eigenvalue weighted by Crippen LogP contribution is 2.09. The average Bonchev–Trinajstić information content (AvgIpc) is 2.25. The van der Waals surface area contributed by atoms with Gasteiger partial charge in [-0.1, -0.05) is 17.7 Å². The van der Waals surface area contributed by atoms with Crippen LogP contribution in [0.1, 0.15) is 26.3 Å². The molecule has 1 aromatic carbocycles. The largest absolute Gasteiger partial charge is 0.297 e. The van der Waals surface area contributed by atoms with Gasteiger partial charge in [0, 0.05) is 5.54 Å². The summed E-state index contributed by atoms with van der Waals surface area (Å²) >= 11 is 4.93. The Morgan fingerprint density at radius 3 is 2.16 bits per heavy atom. The van der Waals surface area contributed by atoms with Crippen LogP contribution in [0.5, 0.6) is 0 Å². The molecule has 0 heterocycles. The molecule has 0 aromatic heterocycles. The Balaban J connectivity index is 2.70. The summed E-state index contributed by atoms with van der Waals surface area (Å²) in [4.78, 5) is 0.179. The molecule has 0 aliphatic heterocycles. The lowest BCUT2D eigenvalue weighted by Gasteiger charge is -2.22. The highest BCUT2D eigenvalue weighted by molar-refractivity contribution is 7.91. The van der Waals surface area contributed by atoms with Crippen LogP contribution in [0.4, 0.5) is 0 Å². The van der Waals surface area contributed by atoms with Crippen LogP contribution in [-0.4, -0.2) is 19.1 Å². The lowest BCUT2D eigenvalue weighted by Crippen LogP contribution is -2.53. The number of hydrogen-bond donors (Lipinski definition) is 3. The third-order valence-electron chi connectivity index (χ3n) is 2.11. The molecule has 0 saturated carbocycles. The van der Waals surface area contributed by atoms with Crippen LogP contribution in [0.3, 0.4) is 0 Å². The van der Waals surface area contributed by atoms with E-state index in [1.54, 1.807) is 12.1 Å². The van der Waals surface area contributed by atoms with Crippen molar-refractivity contribution in [3.8, 4) is 0 Å².